The lowest BCUT2D eigenvalue weighted by Crippen LogP contribution is -2.68. The predicted octanol–water partition coefficient (Wildman–Crippen LogP) is -6.36. The summed E-state index contributed by atoms with van der Waals surface area (Å²) in [5, 5.41) is 175. The number of nitrogens with one attached hydrogen (secondary N) is 1. The van der Waals surface area contributed by atoms with Gasteiger partial charge in [-0.3, -0.25) is 10.1 Å². The number of fused-ring (bicyclic) bond motifs is 7. The van der Waals surface area contributed by atoms with E-state index in [0.29, 0.717) is 43.6 Å². The van der Waals surface area contributed by atoms with Gasteiger partial charge in [0.25, 0.3) is 0 Å². The smallest absolute Gasteiger partial charge is 0.303 e. The molecular formula is C58H95NO29. The van der Waals surface area contributed by atoms with E-state index in [-0.39, 0.29) is 47.2 Å². The lowest BCUT2D eigenvalue weighted by Gasteiger charge is -2.61. The number of aliphatic hydroxyl groups is 16. The zero-order valence-corrected chi connectivity index (χ0v) is 49.9. The molecule has 0 bridgehead atoms. The van der Waals surface area contributed by atoms with Crippen molar-refractivity contribution >= 4 is 5.97 Å². The van der Waals surface area contributed by atoms with Crippen LogP contribution in [0.1, 0.15) is 85.5 Å². The van der Waals surface area contributed by atoms with Crippen LogP contribution in [-0.2, 0) is 61.6 Å². The van der Waals surface area contributed by atoms with E-state index in [1.807, 2.05) is 0 Å². The number of carbonyl (C=O) groups excluding carboxylic acids is 1. The fourth-order valence-electron chi connectivity index (χ4n) is 18.0. The normalized spacial score (nSPS) is 55.5. The van der Waals surface area contributed by atoms with E-state index in [4.69, 9.17) is 56.8 Å². The third-order valence-electron chi connectivity index (χ3n) is 22.7. The number of ether oxygens (including phenoxy) is 12. The molecule has 506 valence electrons. The van der Waals surface area contributed by atoms with Crippen LogP contribution < -0.4 is 5.32 Å². The third-order valence-corrected chi connectivity index (χ3v) is 22.7. The van der Waals surface area contributed by atoms with E-state index in [9.17, 15) is 86.5 Å². The number of carbonyl (C=O) groups is 1. The van der Waals surface area contributed by atoms with Crippen molar-refractivity contribution in [1.29, 1.82) is 0 Å². The summed E-state index contributed by atoms with van der Waals surface area (Å²) >= 11 is 0. The van der Waals surface area contributed by atoms with Gasteiger partial charge in [-0.25, -0.2) is 0 Å². The molecule has 11 fully saturated rings. The number of hydrogen-bond donors (Lipinski definition) is 17. The summed E-state index contributed by atoms with van der Waals surface area (Å²) in [4.78, 5) is 12.7. The Morgan fingerprint density at radius 2 is 1.11 bits per heavy atom. The Kier molecular flexibility index (Phi) is 20.7. The van der Waals surface area contributed by atoms with Crippen LogP contribution >= 0.6 is 0 Å². The first kappa shape index (κ1) is 67.8. The second kappa shape index (κ2) is 26.9. The first-order valence-corrected chi connectivity index (χ1v) is 31.5. The first-order valence-electron chi connectivity index (χ1n) is 31.5. The summed E-state index contributed by atoms with van der Waals surface area (Å²) in [5.74, 6) is 0.879. The van der Waals surface area contributed by atoms with E-state index in [2.05, 4.69) is 26.1 Å². The topological polar surface area (TPSA) is 464 Å². The summed E-state index contributed by atoms with van der Waals surface area (Å²) in [6.07, 6.45) is -34.8. The van der Waals surface area contributed by atoms with E-state index >= 15 is 0 Å². The second-order valence-corrected chi connectivity index (χ2v) is 27.5. The number of rotatable bonds is 16. The maximum absolute atomic E-state index is 12.7. The van der Waals surface area contributed by atoms with Gasteiger partial charge in [0.15, 0.2) is 37.2 Å². The zero-order valence-electron chi connectivity index (χ0n) is 49.9. The Morgan fingerprint density at radius 1 is 0.545 bits per heavy atom. The van der Waals surface area contributed by atoms with Crippen molar-refractivity contribution in [3.63, 3.8) is 0 Å². The van der Waals surface area contributed by atoms with Gasteiger partial charge in [-0.2, -0.15) is 0 Å². The highest BCUT2D eigenvalue weighted by Gasteiger charge is 2.71. The lowest BCUT2D eigenvalue weighted by atomic mass is 9.44. The molecule has 7 aliphatic heterocycles. The van der Waals surface area contributed by atoms with Crippen molar-refractivity contribution < 1.29 is 143 Å². The molecule has 0 aromatic heterocycles. The van der Waals surface area contributed by atoms with E-state index in [0.717, 1.165) is 38.5 Å². The Morgan fingerprint density at radius 3 is 1.78 bits per heavy atom. The Balaban J connectivity index is 0.728. The fraction of sp³-hybridized carbons (Fsp3) is 0.983. The SMILES string of the molecule is CC(=O)O[C@H]1C[C@H](CO[C@@H]2O[C@H](CO)[C@@H](O)[C@H](O)[C@H]2O)CN[C@@]12O[C@H]1CC3[C@@H]4CC[C@H]5C[C@@H](O[C@@H]6O[C@H](CO)[C@H](O[C@@H]7O[C@H](CO)[C@@H](O)[C@H](O[C@@H]8OC[C@@H](O)[C@H](O)[C@H]8O)[C@H]7O[C@@H]7O[C@H](CO)[C@@H](O)[C@H](O)[C@H]7O)[C@H](O)[C@H]6O)CC[C@]5(C)[C@H]4CC[C@]3(C)[C@H]1[C@@H]2C. The molecule has 4 aliphatic carbocycles. The van der Waals surface area contributed by atoms with Crippen molar-refractivity contribution in [2.75, 3.05) is 46.2 Å². The monoisotopic (exact) mass is 1270 g/mol. The largest absolute Gasteiger partial charge is 0.458 e. The Hall–Kier alpha value is -1.65. The minimum absolute atomic E-state index is 0.0503. The van der Waals surface area contributed by atoms with Gasteiger partial charge >= 0.3 is 5.97 Å². The molecule has 11 rings (SSSR count). The third kappa shape index (κ3) is 12.1. The molecule has 7 saturated heterocycles. The van der Waals surface area contributed by atoms with Gasteiger partial charge in [-0.15, -0.1) is 0 Å². The standard InChI is InChI=1S/C58H95NO29/c1-21-36-30(88-58(21)35(79-22(2)64)11-23(14-59-58)19-77-51-45(74)41(70)38(67)31(15-60)81-51)13-28-26-6-5-24-12-25(7-9-56(24,3)27(26)8-10-57(28,36)4)80-53-47(76)43(72)48(34(18-63)84-53)85-55-50(87-54-46(75)42(71)39(68)32(16-61)82-54)49(40(69)33(17-62)83-55)86-52-44(73)37(66)29(65)20-78-52/h21,23-55,59-63,65-76H,5-20H2,1-4H3/t21-,23-,24-,25-,26+,27-,28?,29+,30-,31+,32+,33+,34+,35-,36-,37-,38+,39+,40+,41-,42-,43+,44+,45+,46+,47+,48-,49-,50+,51+,52-,53+,54-,55-,56-,57-,58-/m0/s1. The van der Waals surface area contributed by atoms with Crippen LogP contribution in [0.3, 0.4) is 0 Å². The van der Waals surface area contributed by atoms with Gasteiger partial charge in [-0.1, -0.05) is 20.8 Å². The van der Waals surface area contributed by atoms with Crippen molar-refractivity contribution in [3.05, 3.63) is 0 Å². The predicted molar refractivity (Wildman–Crippen MR) is 289 cm³/mol. The molecule has 1 spiro atoms. The number of esters is 1. The quantitative estimate of drug-likeness (QED) is 0.0505. The summed E-state index contributed by atoms with van der Waals surface area (Å²) in [6.45, 7) is 5.16. The highest BCUT2D eigenvalue weighted by molar-refractivity contribution is 5.66. The van der Waals surface area contributed by atoms with Crippen LogP contribution in [0, 0.1) is 52.3 Å². The van der Waals surface area contributed by atoms with Gasteiger partial charge in [0, 0.05) is 19.4 Å². The average Bonchev–Trinajstić information content (AvgIpc) is 1.50. The second-order valence-electron chi connectivity index (χ2n) is 27.5. The van der Waals surface area contributed by atoms with Crippen molar-refractivity contribution in [1.82, 2.24) is 5.32 Å². The van der Waals surface area contributed by atoms with Crippen molar-refractivity contribution in [2.24, 2.45) is 52.3 Å². The van der Waals surface area contributed by atoms with Gasteiger partial charge in [-0.05, 0) is 104 Å². The molecule has 17 N–H and O–H groups in total. The highest BCUT2D eigenvalue weighted by atomic mass is 16.8. The van der Waals surface area contributed by atoms with Gasteiger partial charge in [0.2, 0.25) is 0 Å². The summed E-state index contributed by atoms with van der Waals surface area (Å²) in [6, 6.07) is 0. The minimum atomic E-state index is -2.03. The molecule has 0 aromatic rings. The van der Waals surface area contributed by atoms with Crippen LogP contribution in [0.2, 0.25) is 0 Å². The Bertz CT molecular complexity index is 2330. The molecule has 7 heterocycles. The average molecular weight is 1270 g/mol. The molecule has 4 saturated carbocycles. The molecule has 88 heavy (non-hydrogen) atoms. The molecule has 1 unspecified atom stereocenters. The van der Waals surface area contributed by atoms with Crippen LogP contribution in [0.4, 0.5) is 0 Å². The Labute approximate surface area is 508 Å². The maximum Gasteiger partial charge on any atom is 0.303 e. The summed E-state index contributed by atoms with van der Waals surface area (Å²) < 4.78 is 72.8. The number of aliphatic hydroxyl groups excluding tert-OH is 16. The lowest BCUT2D eigenvalue weighted by molar-refractivity contribution is -0.404. The van der Waals surface area contributed by atoms with Crippen molar-refractivity contribution in [2.45, 2.75) is 257 Å². The molecule has 0 amide bonds. The van der Waals surface area contributed by atoms with Crippen LogP contribution in [0.5, 0.6) is 0 Å². The first-order chi connectivity index (χ1) is 41.8. The number of piperidine rings is 1. The van der Waals surface area contributed by atoms with Crippen molar-refractivity contribution in [3.8, 4) is 0 Å². The maximum atomic E-state index is 12.7. The molecular weight excluding hydrogens is 1170 g/mol. The van der Waals surface area contributed by atoms with Gasteiger partial charge in [0.1, 0.15) is 122 Å². The summed E-state index contributed by atoms with van der Waals surface area (Å²) in [7, 11) is 0. The molecule has 30 nitrogen and oxygen atoms in total. The number of hydrogen-bond acceptors (Lipinski definition) is 30. The molecule has 0 aromatic carbocycles. The zero-order chi connectivity index (χ0) is 63.2. The van der Waals surface area contributed by atoms with Crippen LogP contribution in [0.25, 0.3) is 0 Å². The molecule has 0 radical (unpaired) electrons. The molecule has 11 aliphatic rings. The molecule has 37 atom stereocenters. The van der Waals surface area contributed by atoms with Crippen LogP contribution in [-0.4, -0.2) is 305 Å². The van der Waals surface area contributed by atoms with Crippen LogP contribution in [0.15, 0.2) is 0 Å². The van der Waals surface area contributed by atoms with E-state index in [1.54, 1.807) is 0 Å². The van der Waals surface area contributed by atoms with E-state index in [1.165, 1.54) is 6.92 Å². The minimum Gasteiger partial charge on any atom is -0.458 e. The molecule has 30 heteroatoms. The van der Waals surface area contributed by atoms with Gasteiger partial charge < -0.3 is 139 Å². The van der Waals surface area contributed by atoms with Gasteiger partial charge in [0.05, 0.1) is 51.8 Å². The highest BCUT2D eigenvalue weighted by Crippen LogP contribution is 2.71. The summed E-state index contributed by atoms with van der Waals surface area (Å²) in [5.41, 5.74) is -1.09. The van der Waals surface area contributed by atoms with E-state index < -0.39 is 204 Å². The fourth-order valence-corrected chi connectivity index (χ4v) is 18.0.